The van der Waals surface area contributed by atoms with Crippen LogP contribution in [0.5, 0.6) is 11.5 Å². The second kappa shape index (κ2) is 10.7. The van der Waals surface area contributed by atoms with Gasteiger partial charge in [-0.15, -0.1) is 0 Å². The largest absolute Gasteiger partial charge is 0.493 e. The Balaban J connectivity index is 1.69. The number of carbonyl (C=O) groups excluding carboxylic acids is 1. The Bertz CT molecular complexity index is 918. The van der Waals surface area contributed by atoms with Crippen LogP contribution in [0.3, 0.4) is 0 Å². The fourth-order valence-electron chi connectivity index (χ4n) is 3.86. The highest BCUT2D eigenvalue weighted by Crippen LogP contribution is 2.35. The molecule has 1 aliphatic rings. The SMILES string of the molecule is CC(=O)NC(Cc1cc(F)cc(F)c1)C(O)CN[C@H]1CCOc2ccc(OC(C)C)cc21. The molecule has 1 heterocycles. The van der Waals surface area contributed by atoms with Crippen molar-refractivity contribution in [3.63, 3.8) is 0 Å². The lowest BCUT2D eigenvalue weighted by Gasteiger charge is -2.30. The first-order chi connectivity index (χ1) is 15.2. The first-order valence-corrected chi connectivity index (χ1v) is 10.8. The molecule has 3 atom stereocenters. The summed E-state index contributed by atoms with van der Waals surface area (Å²) in [6, 6.07) is 8.06. The molecule has 0 radical (unpaired) electrons. The van der Waals surface area contributed by atoms with Gasteiger partial charge in [-0.25, -0.2) is 8.78 Å². The molecule has 32 heavy (non-hydrogen) atoms. The molecule has 6 nitrogen and oxygen atoms in total. The van der Waals surface area contributed by atoms with Gasteiger partial charge in [0, 0.05) is 37.6 Å². The minimum absolute atomic E-state index is 0.0388. The fourth-order valence-corrected chi connectivity index (χ4v) is 3.86. The van der Waals surface area contributed by atoms with E-state index in [0.717, 1.165) is 23.1 Å². The smallest absolute Gasteiger partial charge is 0.217 e. The second-order valence-electron chi connectivity index (χ2n) is 8.32. The van der Waals surface area contributed by atoms with Gasteiger partial charge in [0.25, 0.3) is 0 Å². The van der Waals surface area contributed by atoms with Crippen LogP contribution in [-0.2, 0) is 11.2 Å². The highest BCUT2D eigenvalue weighted by molar-refractivity contribution is 5.73. The van der Waals surface area contributed by atoms with Gasteiger partial charge in [0.2, 0.25) is 5.91 Å². The first kappa shape index (κ1) is 23.9. The summed E-state index contributed by atoms with van der Waals surface area (Å²) in [5, 5.41) is 16.8. The highest BCUT2D eigenvalue weighted by Gasteiger charge is 2.26. The summed E-state index contributed by atoms with van der Waals surface area (Å²) < 4.78 is 38.6. The lowest BCUT2D eigenvalue weighted by molar-refractivity contribution is -0.120. The van der Waals surface area contributed by atoms with Gasteiger partial charge in [-0.1, -0.05) is 0 Å². The number of ether oxygens (including phenoxy) is 2. The Kier molecular flexibility index (Phi) is 8.04. The molecule has 0 saturated heterocycles. The highest BCUT2D eigenvalue weighted by atomic mass is 19.1. The van der Waals surface area contributed by atoms with Gasteiger partial charge in [-0.3, -0.25) is 4.79 Å². The zero-order valence-electron chi connectivity index (χ0n) is 18.5. The molecule has 2 aromatic carbocycles. The van der Waals surface area contributed by atoms with Gasteiger partial charge < -0.3 is 25.2 Å². The fraction of sp³-hybridized carbons (Fsp3) is 0.458. The van der Waals surface area contributed by atoms with Crippen molar-refractivity contribution < 1.29 is 28.2 Å². The predicted molar refractivity (Wildman–Crippen MR) is 117 cm³/mol. The minimum Gasteiger partial charge on any atom is -0.493 e. The van der Waals surface area contributed by atoms with Gasteiger partial charge in [-0.05, 0) is 56.2 Å². The summed E-state index contributed by atoms with van der Waals surface area (Å²) in [6.07, 6.45) is -0.151. The molecule has 0 aliphatic carbocycles. The average molecular weight is 449 g/mol. The summed E-state index contributed by atoms with van der Waals surface area (Å²) in [5.41, 5.74) is 1.29. The molecule has 1 amide bonds. The van der Waals surface area contributed by atoms with Crippen LogP contribution in [0.25, 0.3) is 0 Å². The molecule has 0 spiro atoms. The van der Waals surface area contributed by atoms with E-state index in [1.165, 1.54) is 19.1 Å². The van der Waals surface area contributed by atoms with E-state index >= 15 is 0 Å². The van der Waals surface area contributed by atoms with E-state index in [4.69, 9.17) is 9.47 Å². The number of hydrogen-bond donors (Lipinski definition) is 3. The molecular formula is C24H30F2N2O4. The van der Waals surface area contributed by atoms with E-state index in [0.29, 0.717) is 18.6 Å². The average Bonchev–Trinajstić information content (AvgIpc) is 2.70. The number of benzene rings is 2. The maximum atomic E-state index is 13.6. The molecule has 0 fully saturated rings. The number of aliphatic hydroxyl groups excluding tert-OH is 1. The Morgan fingerprint density at radius 2 is 1.94 bits per heavy atom. The summed E-state index contributed by atoms with van der Waals surface area (Å²) in [5.74, 6) is -0.244. The monoisotopic (exact) mass is 448 g/mol. The molecule has 2 unspecified atom stereocenters. The number of rotatable bonds is 9. The third-order valence-corrected chi connectivity index (χ3v) is 5.20. The van der Waals surface area contributed by atoms with Crippen LogP contribution in [0.1, 0.15) is 44.4 Å². The normalized spacial score (nSPS) is 17.3. The van der Waals surface area contributed by atoms with E-state index in [2.05, 4.69) is 10.6 Å². The van der Waals surface area contributed by atoms with Gasteiger partial charge >= 0.3 is 0 Å². The van der Waals surface area contributed by atoms with E-state index in [9.17, 15) is 18.7 Å². The third kappa shape index (κ3) is 6.64. The van der Waals surface area contributed by atoms with Crippen molar-refractivity contribution in [2.24, 2.45) is 0 Å². The predicted octanol–water partition coefficient (Wildman–Crippen LogP) is 3.27. The summed E-state index contributed by atoms with van der Waals surface area (Å²) >= 11 is 0. The molecule has 8 heteroatoms. The molecule has 3 rings (SSSR count). The Hall–Kier alpha value is -2.71. The first-order valence-electron chi connectivity index (χ1n) is 10.8. The standard InChI is InChI=1S/C24H30F2N2O4/c1-14(2)32-19-4-5-24-20(12-19)21(6-7-31-24)27-13-23(30)22(28-15(3)29)10-16-8-17(25)11-18(26)9-16/h4-5,8-9,11-12,14,21-23,27,30H,6-7,10,13H2,1-3H3,(H,28,29)/t21-,22?,23?/m0/s1. The van der Waals surface area contributed by atoms with E-state index in [1.807, 2.05) is 32.0 Å². The van der Waals surface area contributed by atoms with Crippen LogP contribution in [0.4, 0.5) is 8.78 Å². The molecule has 0 saturated carbocycles. The van der Waals surface area contributed by atoms with Crippen LogP contribution in [-0.4, -0.2) is 42.4 Å². The Morgan fingerprint density at radius 3 is 2.59 bits per heavy atom. The molecule has 0 aromatic heterocycles. The molecule has 2 aromatic rings. The van der Waals surface area contributed by atoms with Crippen LogP contribution in [0.2, 0.25) is 0 Å². The zero-order chi connectivity index (χ0) is 23.3. The number of hydrogen-bond acceptors (Lipinski definition) is 5. The van der Waals surface area contributed by atoms with Crippen LogP contribution >= 0.6 is 0 Å². The van der Waals surface area contributed by atoms with Crippen molar-refractivity contribution in [1.82, 2.24) is 10.6 Å². The maximum absolute atomic E-state index is 13.6. The van der Waals surface area contributed by atoms with Crippen LogP contribution in [0.15, 0.2) is 36.4 Å². The van der Waals surface area contributed by atoms with Crippen LogP contribution < -0.4 is 20.1 Å². The molecule has 174 valence electrons. The second-order valence-corrected chi connectivity index (χ2v) is 8.32. The van der Waals surface area contributed by atoms with Gasteiger partial charge in [0.15, 0.2) is 0 Å². The number of carbonyl (C=O) groups is 1. The van der Waals surface area contributed by atoms with Gasteiger partial charge in [0.1, 0.15) is 23.1 Å². The molecule has 1 aliphatic heterocycles. The lowest BCUT2D eigenvalue weighted by atomic mass is 9.98. The number of halogens is 2. The number of aliphatic hydroxyl groups is 1. The van der Waals surface area contributed by atoms with Crippen molar-refractivity contribution in [3.8, 4) is 11.5 Å². The van der Waals surface area contributed by atoms with E-state index in [-0.39, 0.29) is 31.0 Å². The Labute approximate surface area is 186 Å². The Morgan fingerprint density at radius 1 is 1.22 bits per heavy atom. The van der Waals surface area contributed by atoms with Crippen molar-refractivity contribution in [1.29, 1.82) is 0 Å². The van der Waals surface area contributed by atoms with Crippen LogP contribution in [0, 0.1) is 11.6 Å². The molecule has 0 bridgehead atoms. The summed E-state index contributed by atoms with van der Waals surface area (Å²) in [4.78, 5) is 11.7. The van der Waals surface area contributed by atoms with Crippen molar-refractivity contribution in [2.75, 3.05) is 13.2 Å². The van der Waals surface area contributed by atoms with Gasteiger partial charge in [0.05, 0.1) is 24.9 Å². The van der Waals surface area contributed by atoms with E-state index in [1.54, 1.807) is 0 Å². The number of fused-ring (bicyclic) bond motifs is 1. The van der Waals surface area contributed by atoms with Crippen molar-refractivity contribution in [3.05, 3.63) is 59.2 Å². The maximum Gasteiger partial charge on any atom is 0.217 e. The quantitative estimate of drug-likeness (QED) is 0.549. The van der Waals surface area contributed by atoms with E-state index < -0.39 is 23.8 Å². The molecular weight excluding hydrogens is 418 g/mol. The number of nitrogens with one attached hydrogen (secondary N) is 2. The van der Waals surface area contributed by atoms with Gasteiger partial charge in [-0.2, -0.15) is 0 Å². The topological polar surface area (TPSA) is 79.8 Å². The zero-order valence-corrected chi connectivity index (χ0v) is 18.5. The summed E-state index contributed by atoms with van der Waals surface area (Å²) in [6.45, 7) is 5.94. The van der Waals surface area contributed by atoms with Crippen molar-refractivity contribution in [2.45, 2.75) is 57.9 Å². The third-order valence-electron chi connectivity index (χ3n) is 5.20. The lowest BCUT2D eigenvalue weighted by Crippen LogP contribution is -2.48. The molecule has 3 N–H and O–H groups in total. The summed E-state index contributed by atoms with van der Waals surface area (Å²) in [7, 11) is 0. The van der Waals surface area contributed by atoms with Crippen molar-refractivity contribution >= 4 is 5.91 Å². The minimum atomic E-state index is -0.980. The number of amides is 1.